The van der Waals surface area contributed by atoms with Crippen LogP contribution < -0.4 is 5.32 Å². The monoisotopic (exact) mass is 294 g/mol. The summed E-state index contributed by atoms with van der Waals surface area (Å²) >= 11 is 1.39. The molecule has 2 heterocycles. The fourth-order valence-electron chi connectivity index (χ4n) is 1.90. The van der Waals surface area contributed by atoms with Crippen molar-refractivity contribution >= 4 is 17.2 Å². The van der Waals surface area contributed by atoms with Crippen LogP contribution >= 0.6 is 11.3 Å². The molecule has 0 bridgehead atoms. The number of rotatable bonds is 6. The Bertz CT molecular complexity index is 549. The van der Waals surface area contributed by atoms with Crippen molar-refractivity contribution in [2.45, 2.75) is 26.3 Å². The van der Waals surface area contributed by atoms with E-state index in [2.05, 4.69) is 24.1 Å². The lowest BCUT2D eigenvalue weighted by atomic mass is 10.0. The topological polar surface area (TPSA) is 75.4 Å². The van der Waals surface area contributed by atoms with Gasteiger partial charge in [-0.25, -0.2) is 4.98 Å². The maximum Gasteiger partial charge on any atom is 0.271 e. The average Bonchev–Trinajstić information content (AvgIpc) is 3.07. The second-order valence-electron chi connectivity index (χ2n) is 5.03. The summed E-state index contributed by atoms with van der Waals surface area (Å²) in [4.78, 5) is 16.4. The second-order valence-corrected chi connectivity index (χ2v) is 5.89. The molecular weight excluding hydrogens is 276 g/mol. The van der Waals surface area contributed by atoms with E-state index in [4.69, 9.17) is 4.42 Å². The van der Waals surface area contributed by atoms with Crippen molar-refractivity contribution in [3.8, 4) is 10.6 Å². The van der Waals surface area contributed by atoms with E-state index in [1.807, 2.05) is 0 Å². The highest BCUT2D eigenvalue weighted by molar-refractivity contribution is 7.13. The number of aliphatic hydroxyl groups excluding tert-OH is 1. The van der Waals surface area contributed by atoms with Gasteiger partial charge < -0.3 is 14.8 Å². The minimum absolute atomic E-state index is 0.0668. The van der Waals surface area contributed by atoms with Crippen LogP contribution in [0.4, 0.5) is 0 Å². The predicted molar refractivity (Wildman–Crippen MR) is 77.6 cm³/mol. The van der Waals surface area contributed by atoms with Crippen LogP contribution in [0.25, 0.3) is 10.6 Å². The molecule has 0 radical (unpaired) electrons. The molecule has 20 heavy (non-hydrogen) atoms. The van der Waals surface area contributed by atoms with Crippen LogP contribution in [0.3, 0.4) is 0 Å². The fourth-order valence-corrected chi connectivity index (χ4v) is 2.69. The number of thiazole rings is 1. The highest BCUT2D eigenvalue weighted by atomic mass is 32.1. The molecule has 1 unspecified atom stereocenters. The van der Waals surface area contributed by atoms with Crippen LogP contribution in [0.1, 0.15) is 30.8 Å². The summed E-state index contributed by atoms with van der Waals surface area (Å²) in [5.74, 6) is 0.153. The van der Waals surface area contributed by atoms with Crippen LogP contribution in [0.5, 0.6) is 0 Å². The maximum atomic E-state index is 12.1. The van der Waals surface area contributed by atoms with E-state index >= 15 is 0 Å². The van der Waals surface area contributed by atoms with E-state index in [0.29, 0.717) is 11.6 Å². The molecule has 0 aliphatic heterocycles. The molecule has 1 amide bonds. The number of aliphatic hydroxyl groups is 1. The standard InChI is InChI=1S/C14H18N2O3S/c1-9(2)5-11(6-17)15-13(18)12-8-20-14(16-12)10-3-4-19-7-10/h3-4,7-9,11,17H,5-6H2,1-2H3,(H,15,18). The lowest BCUT2D eigenvalue weighted by molar-refractivity contribution is 0.0904. The Hall–Kier alpha value is -1.66. The van der Waals surface area contributed by atoms with Crippen molar-refractivity contribution in [2.24, 2.45) is 5.92 Å². The average molecular weight is 294 g/mol. The molecular formula is C14H18N2O3S. The van der Waals surface area contributed by atoms with E-state index in [-0.39, 0.29) is 18.6 Å². The number of carbonyl (C=O) groups excluding carboxylic acids is 1. The number of carbonyl (C=O) groups is 1. The summed E-state index contributed by atoms with van der Waals surface area (Å²) < 4.78 is 5.00. The van der Waals surface area contributed by atoms with Gasteiger partial charge in [0.1, 0.15) is 17.0 Å². The smallest absolute Gasteiger partial charge is 0.271 e. The molecule has 0 aromatic carbocycles. The highest BCUT2D eigenvalue weighted by Crippen LogP contribution is 2.23. The molecule has 0 aliphatic rings. The molecule has 2 aromatic rings. The minimum atomic E-state index is -0.254. The molecule has 2 aromatic heterocycles. The van der Waals surface area contributed by atoms with Crippen molar-refractivity contribution in [3.05, 3.63) is 29.7 Å². The molecule has 0 fully saturated rings. The fraction of sp³-hybridized carbons (Fsp3) is 0.429. The minimum Gasteiger partial charge on any atom is -0.472 e. The molecule has 108 valence electrons. The van der Waals surface area contributed by atoms with Crippen LogP contribution in [0, 0.1) is 5.92 Å². The zero-order chi connectivity index (χ0) is 14.5. The van der Waals surface area contributed by atoms with Gasteiger partial charge in [0.15, 0.2) is 0 Å². The molecule has 6 heteroatoms. The van der Waals surface area contributed by atoms with Gasteiger partial charge in [0.05, 0.1) is 18.9 Å². The number of nitrogens with zero attached hydrogens (tertiary/aromatic N) is 1. The summed E-state index contributed by atoms with van der Waals surface area (Å²) in [5, 5.41) is 14.5. The third-order valence-electron chi connectivity index (χ3n) is 2.82. The molecule has 0 aliphatic carbocycles. The van der Waals surface area contributed by atoms with Gasteiger partial charge in [0, 0.05) is 10.9 Å². The van der Waals surface area contributed by atoms with Crippen LogP contribution in [0.15, 0.2) is 28.4 Å². The quantitative estimate of drug-likeness (QED) is 0.858. The third-order valence-corrected chi connectivity index (χ3v) is 3.71. The highest BCUT2D eigenvalue weighted by Gasteiger charge is 2.17. The summed E-state index contributed by atoms with van der Waals surface area (Å²) in [5.41, 5.74) is 1.23. The molecule has 5 nitrogen and oxygen atoms in total. The van der Waals surface area contributed by atoms with E-state index in [1.54, 1.807) is 24.0 Å². The van der Waals surface area contributed by atoms with E-state index in [0.717, 1.165) is 17.0 Å². The van der Waals surface area contributed by atoms with Gasteiger partial charge in [-0.1, -0.05) is 13.8 Å². The number of amides is 1. The lowest BCUT2D eigenvalue weighted by Crippen LogP contribution is -2.38. The van der Waals surface area contributed by atoms with E-state index < -0.39 is 0 Å². The SMILES string of the molecule is CC(C)CC(CO)NC(=O)c1csc(-c2ccoc2)n1. The first kappa shape index (κ1) is 14.7. The lowest BCUT2D eigenvalue weighted by Gasteiger charge is -2.17. The van der Waals surface area contributed by atoms with Crippen molar-refractivity contribution in [3.63, 3.8) is 0 Å². The van der Waals surface area contributed by atoms with Gasteiger partial charge in [-0.3, -0.25) is 4.79 Å². The summed E-state index contributed by atoms with van der Waals surface area (Å²) in [6.45, 7) is 4.03. The van der Waals surface area contributed by atoms with Crippen LogP contribution in [0.2, 0.25) is 0 Å². The van der Waals surface area contributed by atoms with Gasteiger partial charge in [-0.15, -0.1) is 11.3 Å². The Kier molecular flexibility index (Phi) is 4.92. The maximum absolute atomic E-state index is 12.1. The van der Waals surface area contributed by atoms with Crippen LogP contribution in [-0.2, 0) is 0 Å². The Balaban J connectivity index is 2.02. The Morgan fingerprint density at radius 3 is 2.95 bits per heavy atom. The molecule has 1 atom stereocenters. The normalized spacial score (nSPS) is 12.6. The molecule has 2 rings (SSSR count). The van der Waals surface area contributed by atoms with Crippen molar-refractivity contribution in [2.75, 3.05) is 6.61 Å². The Morgan fingerprint density at radius 1 is 1.55 bits per heavy atom. The van der Waals surface area contributed by atoms with E-state index in [1.165, 1.54) is 11.3 Å². The summed E-state index contributed by atoms with van der Waals surface area (Å²) in [7, 11) is 0. The molecule has 0 saturated carbocycles. The van der Waals surface area contributed by atoms with Crippen LogP contribution in [-0.4, -0.2) is 28.6 Å². The number of nitrogens with one attached hydrogen (secondary N) is 1. The van der Waals surface area contributed by atoms with Gasteiger partial charge in [0.2, 0.25) is 0 Å². The predicted octanol–water partition coefficient (Wildman–Crippen LogP) is 2.54. The first-order valence-electron chi connectivity index (χ1n) is 6.50. The second kappa shape index (κ2) is 6.67. The third kappa shape index (κ3) is 3.68. The zero-order valence-electron chi connectivity index (χ0n) is 11.5. The van der Waals surface area contributed by atoms with Gasteiger partial charge in [0.25, 0.3) is 5.91 Å². The number of furan rings is 1. The Labute approximate surface area is 121 Å². The van der Waals surface area contributed by atoms with Crippen molar-refractivity contribution in [1.82, 2.24) is 10.3 Å². The molecule has 2 N–H and O–H groups in total. The largest absolute Gasteiger partial charge is 0.472 e. The molecule has 0 saturated heterocycles. The van der Waals surface area contributed by atoms with Crippen molar-refractivity contribution in [1.29, 1.82) is 0 Å². The zero-order valence-corrected chi connectivity index (χ0v) is 12.3. The summed E-state index contributed by atoms with van der Waals surface area (Å²) in [6.07, 6.45) is 3.90. The molecule has 0 spiro atoms. The van der Waals surface area contributed by atoms with Crippen molar-refractivity contribution < 1.29 is 14.3 Å². The Morgan fingerprint density at radius 2 is 2.35 bits per heavy atom. The first-order chi connectivity index (χ1) is 9.60. The number of aromatic nitrogens is 1. The number of hydrogen-bond donors (Lipinski definition) is 2. The number of hydrogen-bond acceptors (Lipinski definition) is 5. The van der Waals surface area contributed by atoms with Gasteiger partial charge in [-0.2, -0.15) is 0 Å². The van der Waals surface area contributed by atoms with E-state index in [9.17, 15) is 9.90 Å². The van der Waals surface area contributed by atoms with Gasteiger partial charge in [-0.05, 0) is 18.4 Å². The summed E-state index contributed by atoms with van der Waals surface area (Å²) in [6, 6.07) is 1.57. The first-order valence-corrected chi connectivity index (χ1v) is 7.38. The van der Waals surface area contributed by atoms with Gasteiger partial charge >= 0.3 is 0 Å².